The van der Waals surface area contributed by atoms with E-state index < -0.39 is 34.8 Å². The van der Waals surface area contributed by atoms with Gasteiger partial charge in [-0.05, 0) is 50.1 Å². The molecule has 0 spiro atoms. The lowest BCUT2D eigenvalue weighted by Gasteiger charge is -2.32. The molecule has 15 heteroatoms. The molecule has 13 nitrogen and oxygen atoms in total. The molecule has 1 aliphatic rings. The lowest BCUT2D eigenvalue weighted by atomic mass is 10.0. The van der Waals surface area contributed by atoms with Crippen LogP contribution in [-0.2, 0) is 9.53 Å². The Bertz CT molecular complexity index is 1510. The van der Waals surface area contributed by atoms with Gasteiger partial charge in [-0.2, -0.15) is 13.8 Å². The number of carbonyl (C=O) groups is 1. The highest BCUT2D eigenvalue weighted by molar-refractivity contribution is 5.95. The first-order valence-electron chi connectivity index (χ1n) is 13.3. The number of nitrogens with two attached hydrogens (primary N) is 2. The van der Waals surface area contributed by atoms with Crippen molar-refractivity contribution in [2.45, 2.75) is 25.8 Å². The molecule has 0 radical (unpaired) electrons. The Morgan fingerprint density at radius 2 is 1.79 bits per heavy atom. The van der Waals surface area contributed by atoms with Crippen LogP contribution < -0.4 is 31.6 Å². The van der Waals surface area contributed by atoms with Gasteiger partial charge in [0.15, 0.2) is 17.5 Å². The molecule has 43 heavy (non-hydrogen) atoms. The third kappa shape index (κ3) is 7.97. The smallest absolute Gasteiger partial charge is 0.320 e. The summed E-state index contributed by atoms with van der Waals surface area (Å²) in [5, 5.41) is 30.8. The normalized spacial score (nSPS) is 13.7. The number of likely N-dealkylation sites (tertiary alicyclic amines) is 1. The lowest BCUT2D eigenvalue weighted by Crippen LogP contribution is -2.42. The summed E-state index contributed by atoms with van der Waals surface area (Å²) in [6, 6.07) is 9.51. The summed E-state index contributed by atoms with van der Waals surface area (Å²) >= 11 is 0. The van der Waals surface area contributed by atoms with Crippen LogP contribution in [0, 0.1) is 22.5 Å². The number of ether oxygens (including phenoxy) is 3. The Labute approximate surface area is 245 Å². The third-order valence-corrected chi connectivity index (χ3v) is 6.42. The summed E-state index contributed by atoms with van der Waals surface area (Å²) in [6.45, 7) is 3.09. The Hall–Kier alpha value is -5.18. The van der Waals surface area contributed by atoms with E-state index in [2.05, 4.69) is 15.6 Å². The average molecular weight is 599 g/mol. The minimum Gasteiger partial charge on any atom is -0.504 e. The van der Waals surface area contributed by atoms with E-state index in [9.17, 15) is 9.90 Å². The van der Waals surface area contributed by atoms with Crippen molar-refractivity contribution in [3.8, 4) is 29.0 Å². The monoisotopic (exact) mass is 598 g/mol. The predicted octanol–water partition coefficient (Wildman–Crippen LogP) is 3.68. The fourth-order valence-corrected chi connectivity index (χ4v) is 4.36. The van der Waals surface area contributed by atoms with Crippen LogP contribution in [0.1, 0.15) is 25.3 Å². The first-order chi connectivity index (χ1) is 20.5. The quantitative estimate of drug-likeness (QED) is 0.0963. The number of anilines is 2. The second kappa shape index (κ2) is 13.7. The van der Waals surface area contributed by atoms with Crippen LogP contribution in [0.15, 0.2) is 42.5 Å². The van der Waals surface area contributed by atoms with Crippen LogP contribution in [-0.4, -0.2) is 65.0 Å². The molecule has 2 heterocycles. The largest absolute Gasteiger partial charge is 0.504 e. The number of amidine groups is 1. The van der Waals surface area contributed by atoms with Gasteiger partial charge >= 0.3 is 5.97 Å². The van der Waals surface area contributed by atoms with Gasteiger partial charge in [0.25, 0.3) is 11.8 Å². The maximum absolute atomic E-state index is 15.8. The number of esters is 1. The number of aromatic nitrogens is 1. The number of halogens is 2. The topological polar surface area (TPSA) is 205 Å². The molecule has 1 saturated heterocycles. The molecule has 0 bridgehead atoms. The molecular formula is C28H32F2N8O5. The number of rotatable bonds is 11. The molecule has 0 atom stereocenters. The molecular weight excluding hydrogens is 566 g/mol. The van der Waals surface area contributed by atoms with Crippen molar-refractivity contribution in [1.82, 2.24) is 9.88 Å². The minimum atomic E-state index is -1.18. The van der Waals surface area contributed by atoms with Gasteiger partial charge in [0.1, 0.15) is 17.3 Å². The summed E-state index contributed by atoms with van der Waals surface area (Å²) in [4.78, 5) is 17.6. The maximum Gasteiger partial charge on any atom is 0.320 e. The molecule has 1 aromatic heterocycles. The second-order valence-electron chi connectivity index (χ2n) is 9.59. The fraction of sp³-hybridized carbons (Fsp3) is 0.286. The van der Waals surface area contributed by atoms with E-state index in [1.165, 1.54) is 30.3 Å². The Morgan fingerprint density at radius 1 is 1.09 bits per heavy atom. The van der Waals surface area contributed by atoms with Gasteiger partial charge in [0.05, 0.1) is 13.2 Å². The Morgan fingerprint density at radius 3 is 2.44 bits per heavy atom. The summed E-state index contributed by atoms with van der Waals surface area (Å²) in [6.07, 6.45) is 0.931. The van der Waals surface area contributed by atoms with Crippen molar-refractivity contribution in [2.75, 3.05) is 36.9 Å². The third-order valence-electron chi connectivity index (χ3n) is 6.42. The van der Waals surface area contributed by atoms with E-state index in [0.717, 1.165) is 0 Å². The van der Waals surface area contributed by atoms with Crippen molar-refractivity contribution in [3.05, 3.63) is 59.7 Å². The SMILES string of the molecule is CCOC(=O)CN1CCC(Nc2c(F)c(Oc3cccc(NC(=N)N)c3)nc(Oc3cc(C(=N)N)ccc3O)c2F)CC1. The molecule has 0 amide bonds. The number of hydrogen-bond donors (Lipinski definition) is 7. The predicted molar refractivity (Wildman–Crippen MR) is 155 cm³/mol. The van der Waals surface area contributed by atoms with E-state index in [0.29, 0.717) is 31.6 Å². The van der Waals surface area contributed by atoms with Gasteiger partial charge in [-0.3, -0.25) is 20.5 Å². The number of phenolic OH excluding ortho intramolecular Hbond substituents is 1. The molecule has 1 fully saturated rings. The number of guanidine groups is 1. The zero-order chi connectivity index (χ0) is 31.1. The van der Waals surface area contributed by atoms with Gasteiger partial charge in [0.2, 0.25) is 11.6 Å². The zero-order valence-corrected chi connectivity index (χ0v) is 23.2. The number of piperidine rings is 1. The van der Waals surface area contributed by atoms with Crippen LogP contribution in [0.5, 0.6) is 29.0 Å². The molecule has 9 N–H and O–H groups in total. The number of nitrogens with one attached hydrogen (secondary N) is 4. The van der Waals surface area contributed by atoms with Gasteiger partial charge in [-0.25, -0.2) is 0 Å². The number of nitrogen functional groups attached to an aromatic ring is 1. The molecule has 4 rings (SSSR count). The first-order valence-corrected chi connectivity index (χ1v) is 13.3. The van der Waals surface area contributed by atoms with Crippen LogP contribution >= 0.6 is 0 Å². The average Bonchev–Trinajstić information content (AvgIpc) is 2.95. The second-order valence-corrected chi connectivity index (χ2v) is 9.59. The van der Waals surface area contributed by atoms with Gasteiger partial charge in [-0.1, -0.05) is 6.07 Å². The minimum absolute atomic E-state index is 0.0925. The number of pyridine rings is 1. The number of aromatic hydroxyl groups is 1. The Kier molecular flexibility index (Phi) is 9.77. The highest BCUT2D eigenvalue weighted by Gasteiger charge is 2.28. The van der Waals surface area contributed by atoms with Crippen LogP contribution in [0.3, 0.4) is 0 Å². The maximum atomic E-state index is 15.8. The number of nitrogens with zero attached hydrogens (tertiary/aromatic N) is 2. The number of phenols is 1. The highest BCUT2D eigenvalue weighted by atomic mass is 19.1. The van der Waals surface area contributed by atoms with Gasteiger partial charge in [0, 0.05) is 36.4 Å². The molecule has 3 aromatic rings. The Balaban J connectivity index is 1.65. The van der Waals surface area contributed by atoms with Crippen molar-refractivity contribution in [2.24, 2.45) is 11.5 Å². The molecule has 0 unspecified atom stereocenters. The summed E-state index contributed by atoms with van der Waals surface area (Å²) in [7, 11) is 0. The molecule has 0 aliphatic carbocycles. The molecule has 0 saturated carbocycles. The van der Waals surface area contributed by atoms with Crippen LogP contribution in [0.2, 0.25) is 0 Å². The summed E-state index contributed by atoms with van der Waals surface area (Å²) in [5.74, 6) is -5.24. The molecule has 228 valence electrons. The standard InChI is InChI=1S/C28H32F2N8O5/c1-2-41-21(40)14-38-10-8-16(9-11-38)35-24-22(29)26(42-18-5-3-4-17(13-18)36-28(33)34)37-27(23(24)30)43-20-12-15(25(31)32)6-7-19(20)39/h3-7,12-13,16,39H,2,8-11,14H2,1H3,(H3,31,32)(H,35,37)(H4,33,34,36). The summed E-state index contributed by atoms with van der Waals surface area (Å²) in [5.41, 5.74) is 10.9. The number of carbonyl (C=O) groups excluding carboxylic acids is 1. The lowest BCUT2D eigenvalue weighted by molar-refractivity contribution is -0.144. The molecule has 1 aliphatic heterocycles. The highest BCUT2D eigenvalue weighted by Crippen LogP contribution is 2.39. The van der Waals surface area contributed by atoms with E-state index in [1.807, 2.05) is 4.90 Å². The van der Waals surface area contributed by atoms with E-state index in [-0.39, 0.29) is 54.0 Å². The summed E-state index contributed by atoms with van der Waals surface area (Å²) < 4.78 is 47.8. The van der Waals surface area contributed by atoms with E-state index in [4.69, 9.17) is 36.5 Å². The van der Waals surface area contributed by atoms with Gasteiger partial charge in [-0.15, -0.1) is 0 Å². The van der Waals surface area contributed by atoms with E-state index >= 15 is 8.78 Å². The fourth-order valence-electron chi connectivity index (χ4n) is 4.36. The number of benzene rings is 2. The number of hydrogen-bond acceptors (Lipinski definition) is 10. The van der Waals surface area contributed by atoms with Crippen molar-refractivity contribution < 1.29 is 32.9 Å². The van der Waals surface area contributed by atoms with Crippen LogP contribution in [0.25, 0.3) is 0 Å². The van der Waals surface area contributed by atoms with Crippen molar-refractivity contribution in [1.29, 1.82) is 10.8 Å². The van der Waals surface area contributed by atoms with Gasteiger partial charge < -0.3 is 41.4 Å². The van der Waals surface area contributed by atoms with Crippen molar-refractivity contribution in [3.63, 3.8) is 0 Å². The van der Waals surface area contributed by atoms with Crippen molar-refractivity contribution >= 4 is 29.1 Å². The van der Waals surface area contributed by atoms with Crippen LogP contribution in [0.4, 0.5) is 20.2 Å². The first kappa shape index (κ1) is 30.8. The van der Waals surface area contributed by atoms with E-state index in [1.54, 1.807) is 19.1 Å². The molecule has 2 aromatic carbocycles. The zero-order valence-electron chi connectivity index (χ0n) is 23.2.